The van der Waals surface area contributed by atoms with Gasteiger partial charge < -0.3 is 14.4 Å². The molecule has 0 N–H and O–H groups in total. The number of ether oxygens (including phenoxy) is 2. The maximum Gasteiger partial charge on any atom is 0.326 e. The van der Waals surface area contributed by atoms with E-state index in [0.717, 1.165) is 12.0 Å². The summed E-state index contributed by atoms with van der Waals surface area (Å²) in [4.78, 5) is 37.0. The Hall–Kier alpha value is -2.37. The quantitative estimate of drug-likeness (QED) is 0.708. The van der Waals surface area contributed by atoms with Gasteiger partial charge in [0, 0.05) is 12.5 Å². The van der Waals surface area contributed by atoms with Gasteiger partial charge >= 0.3 is 11.9 Å². The van der Waals surface area contributed by atoms with E-state index < -0.39 is 17.5 Å². The molecule has 0 spiro atoms. The molecule has 0 aliphatic rings. The SMILES string of the molecule is CCc1ccc(C(=O)N(CCOC(C)=O)CC(=O)OC(C)(C)C)cc1. The van der Waals surface area contributed by atoms with Gasteiger partial charge in [-0.2, -0.15) is 0 Å². The molecule has 6 nitrogen and oxygen atoms in total. The number of carbonyl (C=O) groups is 3. The minimum Gasteiger partial charge on any atom is -0.464 e. The summed E-state index contributed by atoms with van der Waals surface area (Å²) in [6.07, 6.45) is 0.878. The van der Waals surface area contributed by atoms with Crippen molar-refractivity contribution in [3.63, 3.8) is 0 Å². The standard InChI is InChI=1S/C19H27NO5/c1-6-15-7-9-16(10-8-15)18(23)20(11-12-24-14(2)21)13-17(22)25-19(3,4)5/h7-10H,6,11-13H2,1-5H3. The van der Waals surface area contributed by atoms with Crippen LogP contribution in [0.1, 0.15) is 50.5 Å². The second kappa shape index (κ2) is 9.20. The molecular weight excluding hydrogens is 322 g/mol. The normalized spacial score (nSPS) is 10.9. The molecule has 0 heterocycles. The molecule has 0 aliphatic heterocycles. The van der Waals surface area contributed by atoms with Gasteiger partial charge in [0.15, 0.2) is 0 Å². The topological polar surface area (TPSA) is 72.9 Å². The molecule has 0 saturated heterocycles. The maximum atomic E-state index is 12.7. The van der Waals surface area contributed by atoms with E-state index in [-0.39, 0.29) is 25.6 Å². The second-order valence-corrected chi connectivity index (χ2v) is 6.70. The summed E-state index contributed by atoms with van der Waals surface area (Å²) in [5.41, 5.74) is 0.962. The fraction of sp³-hybridized carbons (Fsp3) is 0.526. The summed E-state index contributed by atoms with van der Waals surface area (Å²) in [5, 5.41) is 0. The van der Waals surface area contributed by atoms with Crippen LogP contribution in [0.25, 0.3) is 0 Å². The lowest BCUT2D eigenvalue weighted by atomic mass is 10.1. The van der Waals surface area contributed by atoms with Gasteiger partial charge in [0.05, 0.1) is 6.54 Å². The van der Waals surface area contributed by atoms with Crippen molar-refractivity contribution < 1.29 is 23.9 Å². The number of hydrogen-bond acceptors (Lipinski definition) is 5. The van der Waals surface area contributed by atoms with E-state index in [1.807, 2.05) is 19.1 Å². The van der Waals surface area contributed by atoms with Crippen molar-refractivity contribution in [2.75, 3.05) is 19.7 Å². The van der Waals surface area contributed by atoms with Crippen LogP contribution >= 0.6 is 0 Å². The number of benzene rings is 1. The number of amides is 1. The molecule has 0 aromatic heterocycles. The Morgan fingerprint density at radius 2 is 1.68 bits per heavy atom. The first-order valence-electron chi connectivity index (χ1n) is 8.36. The minimum absolute atomic E-state index is 0.0247. The summed E-state index contributed by atoms with van der Waals surface area (Å²) in [6.45, 7) is 8.56. The van der Waals surface area contributed by atoms with Crippen LogP contribution in [0.5, 0.6) is 0 Å². The first-order valence-corrected chi connectivity index (χ1v) is 8.36. The monoisotopic (exact) mass is 349 g/mol. The van der Waals surface area contributed by atoms with Gasteiger partial charge in [-0.1, -0.05) is 19.1 Å². The van der Waals surface area contributed by atoms with E-state index in [4.69, 9.17) is 9.47 Å². The van der Waals surface area contributed by atoms with E-state index in [1.165, 1.54) is 11.8 Å². The predicted molar refractivity (Wildman–Crippen MR) is 94.2 cm³/mol. The predicted octanol–water partition coefficient (Wildman–Crippen LogP) is 2.60. The van der Waals surface area contributed by atoms with Crippen molar-refractivity contribution in [2.45, 2.75) is 46.6 Å². The molecule has 6 heteroatoms. The van der Waals surface area contributed by atoms with Crippen LogP contribution in [0.3, 0.4) is 0 Å². The molecule has 138 valence electrons. The smallest absolute Gasteiger partial charge is 0.326 e. The van der Waals surface area contributed by atoms with Gasteiger partial charge in [-0.3, -0.25) is 14.4 Å². The second-order valence-electron chi connectivity index (χ2n) is 6.70. The van der Waals surface area contributed by atoms with Crippen LogP contribution in [0, 0.1) is 0 Å². The highest BCUT2D eigenvalue weighted by atomic mass is 16.6. The number of esters is 2. The lowest BCUT2D eigenvalue weighted by Gasteiger charge is -2.25. The summed E-state index contributed by atoms with van der Waals surface area (Å²) in [6, 6.07) is 7.22. The van der Waals surface area contributed by atoms with Crippen LogP contribution in [0.2, 0.25) is 0 Å². The van der Waals surface area contributed by atoms with E-state index in [1.54, 1.807) is 32.9 Å². The zero-order valence-electron chi connectivity index (χ0n) is 15.6. The summed E-state index contributed by atoms with van der Waals surface area (Å²) >= 11 is 0. The first kappa shape index (κ1) is 20.7. The third-order valence-electron chi connectivity index (χ3n) is 3.30. The van der Waals surface area contributed by atoms with Crippen LogP contribution in [0.4, 0.5) is 0 Å². The number of carbonyl (C=O) groups excluding carboxylic acids is 3. The van der Waals surface area contributed by atoms with E-state index in [2.05, 4.69) is 0 Å². The Morgan fingerprint density at radius 1 is 1.08 bits per heavy atom. The molecule has 0 fully saturated rings. The fourth-order valence-corrected chi connectivity index (χ4v) is 2.15. The average Bonchev–Trinajstić information content (AvgIpc) is 2.51. The van der Waals surface area contributed by atoms with E-state index in [9.17, 15) is 14.4 Å². The third kappa shape index (κ3) is 7.83. The summed E-state index contributed by atoms with van der Waals surface area (Å²) in [5.74, 6) is -1.24. The van der Waals surface area contributed by atoms with Gasteiger partial charge in [-0.25, -0.2) is 0 Å². The lowest BCUT2D eigenvalue weighted by molar-refractivity contribution is -0.155. The largest absolute Gasteiger partial charge is 0.464 e. The summed E-state index contributed by atoms with van der Waals surface area (Å²) in [7, 11) is 0. The Balaban J connectivity index is 2.85. The van der Waals surface area contributed by atoms with Crippen LogP contribution < -0.4 is 0 Å². The number of rotatable bonds is 7. The van der Waals surface area contributed by atoms with E-state index in [0.29, 0.717) is 5.56 Å². The van der Waals surface area contributed by atoms with Crippen molar-refractivity contribution in [1.29, 1.82) is 0 Å². The number of nitrogens with zero attached hydrogens (tertiary/aromatic N) is 1. The van der Waals surface area contributed by atoms with E-state index >= 15 is 0 Å². The zero-order valence-corrected chi connectivity index (χ0v) is 15.6. The maximum absolute atomic E-state index is 12.7. The highest BCUT2D eigenvalue weighted by Crippen LogP contribution is 2.11. The van der Waals surface area contributed by atoms with Gasteiger partial charge in [0.1, 0.15) is 18.8 Å². The summed E-state index contributed by atoms with van der Waals surface area (Å²) < 4.78 is 10.2. The third-order valence-corrected chi connectivity index (χ3v) is 3.30. The number of aryl methyl sites for hydroxylation is 1. The molecule has 25 heavy (non-hydrogen) atoms. The Morgan fingerprint density at radius 3 is 2.16 bits per heavy atom. The average molecular weight is 349 g/mol. The van der Waals surface area contributed by atoms with Gasteiger partial charge in [-0.15, -0.1) is 0 Å². The molecular formula is C19H27NO5. The van der Waals surface area contributed by atoms with Crippen molar-refractivity contribution in [1.82, 2.24) is 4.90 Å². The molecule has 0 bridgehead atoms. The van der Waals surface area contributed by atoms with Crippen molar-refractivity contribution in [3.05, 3.63) is 35.4 Å². The zero-order chi connectivity index (χ0) is 19.0. The van der Waals surface area contributed by atoms with Gasteiger partial charge in [0.2, 0.25) is 0 Å². The number of hydrogen-bond donors (Lipinski definition) is 0. The van der Waals surface area contributed by atoms with Gasteiger partial charge in [-0.05, 0) is 44.9 Å². The molecule has 0 unspecified atom stereocenters. The minimum atomic E-state index is -0.634. The Kier molecular flexibility index (Phi) is 7.61. The van der Waals surface area contributed by atoms with Gasteiger partial charge in [0.25, 0.3) is 5.91 Å². The highest BCUT2D eigenvalue weighted by Gasteiger charge is 2.23. The van der Waals surface area contributed by atoms with Crippen LogP contribution in [-0.2, 0) is 25.5 Å². The molecule has 0 saturated carbocycles. The van der Waals surface area contributed by atoms with Crippen LogP contribution in [0.15, 0.2) is 24.3 Å². The molecule has 1 rings (SSSR count). The van der Waals surface area contributed by atoms with Crippen molar-refractivity contribution in [2.24, 2.45) is 0 Å². The van der Waals surface area contributed by atoms with Crippen molar-refractivity contribution >= 4 is 17.8 Å². The molecule has 0 aliphatic carbocycles. The molecule has 0 atom stereocenters. The van der Waals surface area contributed by atoms with Crippen molar-refractivity contribution in [3.8, 4) is 0 Å². The molecule has 1 amide bonds. The fourth-order valence-electron chi connectivity index (χ4n) is 2.15. The molecule has 0 radical (unpaired) electrons. The Labute approximate surface area is 149 Å². The molecule has 1 aromatic carbocycles. The first-order chi connectivity index (χ1) is 11.6. The molecule has 1 aromatic rings. The lowest BCUT2D eigenvalue weighted by Crippen LogP contribution is -2.40. The van der Waals surface area contributed by atoms with Crippen LogP contribution in [-0.4, -0.2) is 48.0 Å². The highest BCUT2D eigenvalue weighted by molar-refractivity contribution is 5.96. The Bertz CT molecular complexity index is 601.